The van der Waals surface area contributed by atoms with E-state index in [4.69, 9.17) is 11.6 Å². The van der Waals surface area contributed by atoms with Crippen molar-refractivity contribution in [3.63, 3.8) is 0 Å². The van der Waals surface area contributed by atoms with Gasteiger partial charge in [0.15, 0.2) is 0 Å². The Bertz CT molecular complexity index is 474. The zero-order valence-corrected chi connectivity index (χ0v) is 11.6. The number of benzene rings is 1. The van der Waals surface area contributed by atoms with Crippen LogP contribution in [0.3, 0.4) is 0 Å². The summed E-state index contributed by atoms with van der Waals surface area (Å²) in [6, 6.07) is 7.58. The summed E-state index contributed by atoms with van der Waals surface area (Å²) in [5, 5.41) is 6.49. The maximum Gasteiger partial charge on any atom is 0.248 e. The molecular weight excluding hydrogens is 248 g/mol. The second-order valence-electron chi connectivity index (χ2n) is 5.50. The predicted molar refractivity (Wildman–Crippen MR) is 73.6 cm³/mol. The van der Waals surface area contributed by atoms with Gasteiger partial charge >= 0.3 is 0 Å². The van der Waals surface area contributed by atoms with Gasteiger partial charge in [-0.3, -0.25) is 4.79 Å². The fourth-order valence-corrected chi connectivity index (χ4v) is 2.04. The van der Waals surface area contributed by atoms with Gasteiger partial charge in [0.2, 0.25) is 5.91 Å². The third-order valence-electron chi connectivity index (χ3n) is 2.93. The molecule has 96 valence electrons. The number of hydrazone groups is 1. The molecule has 0 radical (unpaired) electrons. The molecule has 1 heterocycles. The maximum atomic E-state index is 12.3. The molecule has 0 bridgehead atoms. The van der Waals surface area contributed by atoms with E-state index >= 15 is 0 Å². The van der Waals surface area contributed by atoms with Crippen LogP contribution in [0, 0.1) is 5.41 Å². The summed E-state index contributed by atoms with van der Waals surface area (Å²) < 4.78 is 0. The van der Waals surface area contributed by atoms with E-state index in [0.29, 0.717) is 5.02 Å². The number of nitrogens with zero attached hydrogens (tertiary/aromatic N) is 2. The van der Waals surface area contributed by atoms with Crippen LogP contribution in [0.2, 0.25) is 5.02 Å². The highest BCUT2D eigenvalue weighted by atomic mass is 35.5. The summed E-state index contributed by atoms with van der Waals surface area (Å²) in [6.07, 6.45) is 2.55. The lowest BCUT2D eigenvalue weighted by atomic mass is 9.94. The van der Waals surface area contributed by atoms with E-state index in [0.717, 1.165) is 12.0 Å². The number of halogens is 1. The van der Waals surface area contributed by atoms with Gasteiger partial charge in [-0.1, -0.05) is 44.5 Å². The molecule has 0 unspecified atom stereocenters. The van der Waals surface area contributed by atoms with Gasteiger partial charge in [-0.05, 0) is 17.7 Å². The largest absolute Gasteiger partial charge is 0.272 e. The molecule has 4 heteroatoms. The van der Waals surface area contributed by atoms with Crippen molar-refractivity contribution in [3.05, 3.63) is 34.9 Å². The van der Waals surface area contributed by atoms with Crippen LogP contribution in [0.25, 0.3) is 0 Å². The van der Waals surface area contributed by atoms with Crippen LogP contribution in [0.5, 0.6) is 0 Å². The summed E-state index contributed by atoms with van der Waals surface area (Å²) in [5.74, 6) is 0.0381. The van der Waals surface area contributed by atoms with Crippen molar-refractivity contribution >= 4 is 23.7 Å². The molecule has 0 saturated heterocycles. The average molecular weight is 265 g/mol. The SMILES string of the molecule is CC(C)(C)C(=O)N1N=CC[C@H]1c1ccc(Cl)cc1. The predicted octanol–water partition coefficient (Wildman–Crippen LogP) is 3.65. The molecule has 0 spiro atoms. The van der Waals surface area contributed by atoms with Crippen LogP contribution in [0.15, 0.2) is 29.4 Å². The maximum absolute atomic E-state index is 12.3. The molecule has 3 nitrogen and oxygen atoms in total. The summed E-state index contributed by atoms with van der Waals surface area (Å²) in [5.41, 5.74) is 0.640. The molecular formula is C14H17ClN2O. The van der Waals surface area contributed by atoms with Gasteiger partial charge in [-0.15, -0.1) is 0 Å². The highest BCUT2D eigenvalue weighted by Gasteiger charge is 2.34. The second-order valence-corrected chi connectivity index (χ2v) is 5.94. The van der Waals surface area contributed by atoms with Crippen molar-refractivity contribution in [2.45, 2.75) is 33.2 Å². The third-order valence-corrected chi connectivity index (χ3v) is 3.19. The quantitative estimate of drug-likeness (QED) is 0.762. The number of carbonyl (C=O) groups is 1. The molecule has 0 N–H and O–H groups in total. The van der Waals surface area contributed by atoms with E-state index in [1.807, 2.05) is 45.0 Å². The standard InChI is InChI=1S/C14H17ClN2O/c1-14(2,3)13(18)17-12(8-9-16-17)10-4-6-11(15)7-5-10/h4-7,9,12H,8H2,1-3H3/t12-/m0/s1. The van der Waals surface area contributed by atoms with Crippen LogP contribution >= 0.6 is 11.6 Å². The smallest absolute Gasteiger partial charge is 0.248 e. The van der Waals surface area contributed by atoms with E-state index in [1.165, 1.54) is 0 Å². The Kier molecular flexibility index (Phi) is 3.44. The first kappa shape index (κ1) is 13.1. The van der Waals surface area contributed by atoms with Gasteiger partial charge in [-0.25, -0.2) is 5.01 Å². The molecule has 18 heavy (non-hydrogen) atoms. The molecule has 0 saturated carbocycles. The molecule has 0 aromatic heterocycles. The minimum absolute atomic E-state index is 0.00556. The van der Waals surface area contributed by atoms with Crippen molar-refractivity contribution in [3.8, 4) is 0 Å². The van der Waals surface area contributed by atoms with Gasteiger partial charge < -0.3 is 0 Å². The van der Waals surface area contributed by atoms with E-state index in [1.54, 1.807) is 11.2 Å². The molecule has 0 fully saturated rings. The highest BCUT2D eigenvalue weighted by Crippen LogP contribution is 2.32. The van der Waals surface area contributed by atoms with Crippen LogP contribution < -0.4 is 0 Å². The minimum atomic E-state index is -0.424. The normalized spacial score (nSPS) is 19.3. The Hall–Kier alpha value is -1.35. The molecule has 2 rings (SSSR count). The Morgan fingerprint density at radius 1 is 1.33 bits per heavy atom. The van der Waals surface area contributed by atoms with E-state index in [2.05, 4.69) is 5.10 Å². The molecule has 1 aliphatic heterocycles. The number of hydrogen-bond acceptors (Lipinski definition) is 2. The van der Waals surface area contributed by atoms with Crippen molar-refractivity contribution in [1.82, 2.24) is 5.01 Å². The molecule has 1 aromatic carbocycles. The fraction of sp³-hybridized carbons (Fsp3) is 0.429. The van der Waals surface area contributed by atoms with Crippen LogP contribution in [-0.2, 0) is 4.79 Å². The number of rotatable bonds is 1. The number of carbonyl (C=O) groups excluding carboxylic acids is 1. The van der Waals surface area contributed by atoms with Crippen molar-refractivity contribution in [2.24, 2.45) is 10.5 Å². The van der Waals surface area contributed by atoms with Crippen LogP contribution in [0.1, 0.15) is 38.8 Å². The Balaban J connectivity index is 2.24. The first-order valence-corrected chi connectivity index (χ1v) is 6.39. The van der Waals surface area contributed by atoms with Gasteiger partial charge in [-0.2, -0.15) is 5.10 Å². The molecule has 1 aliphatic rings. The van der Waals surface area contributed by atoms with Crippen molar-refractivity contribution in [1.29, 1.82) is 0 Å². The zero-order chi connectivity index (χ0) is 13.3. The van der Waals surface area contributed by atoms with Gasteiger partial charge in [0.25, 0.3) is 0 Å². The van der Waals surface area contributed by atoms with Gasteiger partial charge in [0.05, 0.1) is 6.04 Å². The fourth-order valence-electron chi connectivity index (χ4n) is 1.92. The average Bonchev–Trinajstić information content (AvgIpc) is 2.76. The lowest BCUT2D eigenvalue weighted by Crippen LogP contribution is -2.36. The van der Waals surface area contributed by atoms with E-state index in [-0.39, 0.29) is 11.9 Å². The lowest BCUT2D eigenvalue weighted by molar-refractivity contribution is -0.141. The topological polar surface area (TPSA) is 32.7 Å². The zero-order valence-electron chi connectivity index (χ0n) is 10.9. The van der Waals surface area contributed by atoms with E-state index in [9.17, 15) is 4.79 Å². The first-order chi connectivity index (χ1) is 8.39. The summed E-state index contributed by atoms with van der Waals surface area (Å²) in [4.78, 5) is 12.3. The second kappa shape index (κ2) is 4.73. The van der Waals surface area contributed by atoms with Crippen molar-refractivity contribution in [2.75, 3.05) is 0 Å². The Labute approximate surface area is 112 Å². The van der Waals surface area contributed by atoms with Crippen LogP contribution in [0.4, 0.5) is 0 Å². The highest BCUT2D eigenvalue weighted by molar-refractivity contribution is 6.30. The summed E-state index contributed by atoms with van der Waals surface area (Å²) >= 11 is 5.88. The van der Waals surface area contributed by atoms with E-state index < -0.39 is 5.41 Å². The van der Waals surface area contributed by atoms with Crippen molar-refractivity contribution < 1.29 is 4.79 Å². The monoisotopic (exact) mass is 264 g/mol. The Morgan fingerprint density at radius 3 is 2.50 bits per heavy atom. The number of amides is 1. The third kappa shape index (κ3) is 2.56. The van der Waals surface area contributed by atoms with Gasteiger partial charge in [0.1, 0.15) is 0 Å². The minimum Gasteiger partial charge on any atom is -0.272 e. The summed E-state index contributed by atoms with van der Waals surface area (Å²) in [6.45, 7) is 5.71. The number of hydrogen-bond donors (Lipinski definition) is 0. The first-order valence-electron chi connectivity index (χ1n) is 6.01. The summed E-state index contributed by atoms with van der Waals surface area (Å²) in [7, 11) is 0. The molecule has 0 aliphatic carbocycles. The van der Waals surface area contributed by atoms with Gasteiger partial charge in [0, 0.05) is 23.1 Å². The molecule has 1 atom stereocenters. The molecule has 1 amide bonds. The van der Waals surface area contributed by atoms with Crippen LogP contribution in [-0.4, -0.2) is 17.1 Å². The Morgan fingerprint density at radius 2 is 1.94 bits per heavy atom. The lowest BCUT2D eigenvalue weighted by Gasteiger charge is -2.28. The molecule has 1 aromatic rings.